The molecule has 0 heterocycles. The largest absolute Gasteiger partial charge is 0.374 e. The Kier molecular flexibility index (Phi) is 10.7. The minimum absolute atomic E-state index is 0.193. The lowest BCUT2D eigenvalue weighted by molar-refractivity contribution is -0.111. The molecule has 0 saturated heterocycles. The zero-order valence-corrected chi connectivity index (χ0v) is 30.6. The highest BCUT2D eigenvalue weighted by atomic mass is 32.2. The van der Waals surface area contributed by atoms with E-state index in [0.717, 1.165) is 45.1 Å². The van der Waals surface area contributed by atoms with E-state index < -0.39 is 15.7 Å². The van der Waals surface area contributed by atoms with Crippen molar-refractivity contribution in [2.24, 2.45) is 5.16 Å². The number of nitrogens with zero attached hydrogens (tertiary/aromatic N) is 1. The number of carbonyl (C=O) groups excluding carboxylic acids is 1. The minimum atomic E-state index is -4.31. The van der Waals surface area contributed by atoms with Gasteiger partial charge in [-0.2, -0.15) is 8.42 Å². The van der Waals surface area contributed by atoms with Gasteiger partial charge in [-0.25, -0.2) is 0 Å². The van der Waals surface area contributed by atoms with Crippen LogP contribution in [0.5, 0.6) is 0 Å². The summed E-state index contributed by atoms with van der Waals surface area (Å²) in [5.41, 5.74) is 8.58. The second-order valence-electron chi connectivity index (χ2n) is 12.8. The summed E-state index contributed by atoms with van der Waals surface area (Å²) in [6.45, 7) is 7.17. The normalized spacial score (nSPS) is 11.8. The van der Waals surface area contributed by atoms with Gasteiger partial charge in [0.15, 0.2) is 5.78 Å². The molecule has 0 aliphatic rings. The summed E-state index contributed by atoms with van der Waals surface area (Å²) in [5, 5.41) is 14.6. The van der Waals surface area contributed by atoms with Crippen molar-refractivity contribution in [2.75, 3.05) is 16.0 Å². The SMILES string of the molecule is CC(=O)/C(C)=N/OC(c1ccc(Nc2ccc(C)cc2)cc1)(c1ccc(Nc2ccc(C)cc2)cc1)c1ccc(Nc2ccc(S(=O)(=O)O)cc2)cc1. The van der Waals surface area contributed by atoms with Crippen molar-refractivity contribution in [2.45, 2.75) is 38.2 Å². The minimum Gasteiger partial charge on any atom is -0.374 e. The number of hydrogen-bond donors (Lipinski definition) is 4. The van der Waals surface area contributed by atoms with Crippen molar-refractivity contribution in [3.8, 4) is 0 Å². The number of oxime groups is 1. The number of hydrogen-bond acceptors (Lipinski definition) is 8. The molecule has 0 atom stereocenters. The number of aryl methyl sites for hydroxylation is 2. The molecule has 6 aromatic rings. The van der Waals surface area contributed by atoms with Gasteiger partial charge < -0.3 is 20.8 Å². The maximum absolute atomic E-state index is 12.4. The summed E-state index contributed by atoms with van der Waals surface area (Å²) in [6.07, 6.45) is 0. The average molecular weight is 725 g/mol. The number of Topliss-reactive ketones (excluding diaryl/α,β-unsaturated/α-hetero) is 1. The van der Waals surface area contributed by atoms with Gasteiger partial charge in [0.05, 0.1) is 4.90 Å². The number of nitrogens with one attached hydrogen (secondary N) is 3. The average Bonchev–Trinajstić information content (AvgIpc) is 3.15. The molecular weight excluding hydrogens is 685 g/mol. The monoisotopic (exact) mass is 724 g/mol. The highest BCUT2D eigenvalue weighted by molar-refractivity contribution is 7.85. The van der Waals surface area contributed by atoms with Crippen molar-refractivity contribution >= 4 is 55.7 Å². The maximum Gasteiger partial charge on any atom is 0.294 e. The first-order valence-electron chi connectivity index (χ1n) is 17.0. The lowest BCUT2D eigenvalue weighted by Crippen LogP contribution is -2.32. The van der Waals surface area contributed by atoms with Crippen LogP contribution in [-0.4, -0.2) is 24.5 Å². The standard InChI is InChI=1S/C43H40N4O5S/c1-29-5-15-36(16-6-29)44-38-19-9-33(10-20-38)43(52-47-31(3)32(4)48,34-11-21-39(22-12-34)45-37-17-7-30(2)8-18-37)35-13-23-40(24-14-35)46-41-25-27-42(28-26-41)53(49,50)51/h5-28,44-46H,1-4H3,(H,49,50,51)/b47-31+. The van der Waals surface area contributed by atoms with Gasteiger partial charge in [0.1, 0.15) is 5.71 Å². The van der Waals surface area contributed by atoms with Gasteiger partial charge in [-0.05, 0) is 106 Å². The molecule has 4 N–H and O–H groups in total. The zero-order chi connectivity index (χ0) is 37.6. The van der Waals surface area contributed by atoms with E-state index >= 15 is 0 Å². The first-order valence-corrected chi connectivity index (χ1v) is 18.4. The molecule has 6 aromatic carbocycles. The van der Waals surface area contributed by atoms with Gasteiger partial charge in [-0.3, -0.25) is 9.35 Å². The lowest BCUT2D eigenvalue weighted by atomic mass is 9.80. The summed E-state index contributed by atoms with van der Waals surface area (Å²) in [4.78, 5) is 18.7. The zero-order valence-electron chi connectivity index (χ0n) is 29.8. The third kappa shape index (κ3) is 8.81. The van der Waals surface area contributed by atoms with E-state index in [1.54, 1.807) is 19.1 Å². The van der Waals surface area contributed by atoms with Gasteiger partial charge in [-0.15, -0.1) is 0 Å². The highest BCUT2D eigenvalue weighted by Crippen LogP contribution is 2.42. The van der Waals surface area contributed by atoms with Crippen LogP contribution in [0.2, 0.25) is 0 Å². The smallest absolute Gasteiger partial charge is 0.294 e. The first kappa shape index (κ1) is 36.6. The van der Waals surface area contributed by atoms with E-state index in [2.05, 4.69) is 45.4 Å². The molecule has 0 aliphatic heterocycles. The Labute approximate surface area is 310 Å². The van der Waals surface area contributed by atoms with Gasteiger partial charge >= 0.3 is 0 Å². The molecule has 6 rings (SSSR count). The van der Waals surface area contributed by atoms with Crippen LogP contribution < -0.4 is 16.0 Å². The quantitative estimate of drug-likeness (QED) is 0.0401. The van der Waals surface area contributed by atoms with Crippen LogP contribution in [0.1, 0.15) is 41.7 Å². The van der Waals surface area contributed by atoms with Gasteiger partial charge in [-0.1, -0.05) is 76.9 Å². The Hall–Kier alpha value is -6.23. The molecule has 0 saturated carbocycles. The van der Waals surface area contributed by atoms with Crippen LogP contribution in [0.4, 0.5) is 34.1 Å². The van der Waals surface area contributed by atoms with Gasteiger partial charge in [0.25, 0.3) is 10.1 Å². The number of carbonyl (C=O) groups is 1. The Morgan fingerprint density at radius 3 is 1.09 bits per heavy atom. The highest BCUT2D eigenvalue weighted by Gasteiger charge is 2.40. The van der Waals surface area contributed by atoms with Crippen LogP contribution in [0.3, 0.4) is 0 Å². The number of benzene rings is 6. The van der Waals surface area contributed by atoms with E-state index in [1.807, 2.05) is 111 Å². The molecule has 9 nitrogen and oxygen atoms in total. The van der Waals surface area contributed by atoms with Gasteiger partial charge in [0, 0.05) is 57.7 Å². The Balaban J connectivity index is 1.42. The van der Waals surface area contributed by atoms with Crippen LogP contribution in [0, 0.1) is 13.8 Å². The van der Waals surface area contributed by atoms with Gasteiger partial charge in [0.2, 0.25) is 5.60 Å². The summed E-state index contributed by atoms with van der Waals surface area (Å²) in [6, 6.07) is 45.6. The molecule has 0 aliphatic carbocycles. The summed E-state index contributed by atoms with van der Waals surface area (Å²) >= 11 is 0. The van der Waals surface area contributed by atoms with Crippen LogP contribution >= 0.6 is 0 Å². The molecule has 0 radical (unpaired) electrons. The van der Waals surface area contributed by atoms with Crippen molar-refractivity contribution in [3.63, 3.8) is 0 Å². The van der Waals surface area contributed by atoms with E-state index in [4.69, 9.17) is 4.84 Å². The van der Waals surface area contributed by atoms with Crippen LogP contribution in [0.25, 0.3) is 0 Å². The predicted octanol–water partition coefficient (Wildman–Crippen LogP) is 10.1. The molecule has 0 bridgehead atoms. The Bertz CT molecular complexity index is 2230. The molecule has 0 unspecified atom stereocenters. The second kappa shape index (κ2) is 15.6. The molecular formula is C43H40N4O5S. The summed E-state index contributed by atoms with van der Waals surface area (Å²) < 4.78 is 32.4. The second-order valence-corrected chi connectivity index (χ2v) is 14.3. The van der Waals surface area contributed by atoms with E-state index in [9.17, 15) is 17.8 Å². The molecule has 0 aromatic heterocycles. The van der Waals surface area contributed by atoms with Crippen LogP contribution in [0.15, 0.2) is 156 Å². The van der Waals surface area contributed by atoms with E-state index in [-0.39, 0.29) is 16.4 Å². The Morgan fingerprint density at radius 1 is 0.528 bits per heavy atom. The summed E-state index contributed by atoms with van der Waals surface area (Å²) in [5.74, 6) is -0.214. The fourth-order valence-corrected chi connectivity index (χ4v) is 6.19. The van der Waals surface area contributed by atoms with Crippen molar-refractivity contribution < 1.29 is 22.6 Å². The van der Waals surface area contributed by atoms with E-state index in [1.165, 1.54) is 30.2 Å². The summed E-state index contributed by atoms with van der Waals surface area (Å²) in [7, 11) is -4.31. The number of anilines is 6. The fourth-order valence-electron chi connectivity index (χ4n) is 5.71. The first-order chi connectivity index (χ1) is 25.4. The molecule has 10 heteroatoms. The third-order valence-electron chi connectivity index (χ3n) is 8.82. The molecule has 0 spiro atoms. The fraction of sp³-hybridized carbons (Fsp3) is 0.116. The van der Waals surface area contributed by atoms with Crippen molar-refractivity contribution in [1.29, 1.82) is 0 Å². The number of rotatable bonds is 13. The van der Waals surface area contributed by atoms with Crippen LogP contribution in [-0.2, 0) is 25.4 Å². The maximum atomic E-state index is 12.4. The van der Waals surface area contributed by atoms with E-state index in [0.29, 0.717) is 5.69 Å². The third-order valence-corrected chi connectivity index (χ3v) is 9.69. The molecule has 268 valence electrons. The topological polar surface area (TPSA) is 129 Å². The lowest BCUT2D eigenvalue weighted by Gasteiger charge is -2.33. The van der Waals surface area contributed by atoms with Crippen molar-refractivity contribution in [1.82, 2.24) is 0 Å². The molecule has 0 amide bonds. The molecule has 53 heavy (non-hydrogen) atoms. The van der Waals surface area contributed by atoms with Crippen molar-refractivity contribution in [3.05, 3.63) is 173 Å². The molecule has 0 fully saturated rings. The number of ketones is 1. The predicted molar refractivity (Wildman–Crippen MR) is 213 cm³/mol. The Morgan fingerprint density at radius 2 is 0.811 bits per heavy atom.